The number of hydrogen-bond donors (Lipinski definition) is 0. The van der Waals surface area contributed by atoms with Gasteiger partial charge >= 0.3 is 18.9 Å². The maximum atomic E-state index is 3.56. The summed E-state index contributed by atoms with van der Waals surface area (Å²) in [6.45, 7) is 19.6. The molecular weight excluding hydrogens is 199 g/mol. The Bertz CT molecular complexity index is 176. The number of hydrogen-bond acceptors (Lipinski definition) is 0. The zero-order valence-corrected chi connectivity index (χ0v) is 13.3. The van der Waals surface area contributed by atoms with Gasteiger partial charge in [-0.15, -0.1) is 0 Å². The van der Waals surface area contributed by atoms with Crippen LogP contribution >= 0.6 is 0 Å². The molecule has 0 N–H and O–H groups in total. The molecule has 0 unspecified atom stereocenters. The van der Waals surface area contributed by atoms with Gasteiger partial charge in [0.1, 0.15) is 0 Å². The largest absolute Gasteiger partial charge is 1.00 e. The van der Waals surface area contributed by atoms with Crippen LogP contribution in [0.2, 0.25) is 0 Å². The van der Waals surface area contributed by atoms with Gasteiger partial charge in [0.2, 0.25) is 0 Å². The summed E-state index contributed by atoms with van der Waals surface area (Å²) in [6, 6.07) is 0. The molecule has 0 saturated heterocycles. The number of unbranched alkanes of at least 4 members (excludes halogenated alkanes) is 1. The van der Waals surface area contributed by atoms with Crippen LogP contribution in [0.4, 0.5) is 0 Å². The first-order chi connectivity index (χ1) is 7.49. The smallest absolute Gasteiger partial charge is 0.332 e. The molecule has 0 rings (SSSR count). The molecule has 0 heterocycles. The van der Waals surface area contributed by atoms with Crippen molar-refractivity contribution in [3.8, 4) is 0 Å². The van der Waals surface area contributed by atoms with Gasteiger partial charge in [0.25, 0.3) is 0 Å². The van der Waals surface area contributed by atoms with Crippen LogP contribution in [0.15, 0.2) is 36.5 Å². The zero-order chi connectivity index (χ0) is 13.4. The monoisotopic (exact) mass is 230 g/mol. The predicted molar refractivity (Wildman–Crippen MR) is 79.6 cm³/mol. The SMILES string of the molecule is C=CC(=C)C.CCC=C(C)CC.C[CH-]CC.[Li+]. The second-order valence-electron chi connectivity index (χ2n) is 3.68. The molecule has 0 aliphatic heterocycles. The quantitative estimate of drug-likeness (QED) is 0.301. The van der Waals surface area contributed by atoms with Crippen molar-refractivity contribution < 1.29 is 18.9 Å². The summed E-state index contributed by atoms with van der Waals surface area (Å²) in [5.41, 5.74) is 2.52. The van der Waals surface area contributed by atoms with Gasteiger partial charge < -0.3 is 6.42 Å². The van der Waals surface area contributed by atoms with Crippen molar-refractivity contribution >= 4 is 0 Å². The van der Waals surface area contributed by atoms with Gasteiger partial charge in [0.15, 0.2) is 0 Å². The first kappa shape index (κ1) is 25.6. The Kier molecular flexibility index (Phi) is 37.5. The Balaban J connectivity index is -0.0000000757. The van der Waals surface area contributed by atoms with Crippen molar-refractivity contribution in [1.29, 1.82) is 0 Å². The Hall–Kier alpha value is -0.183. The van der Waals surface area contributed by atoms with Gasteiger partial charge in [-0.3, -0.25) is 0 Å². The molecule has 0 radical (unpaired) electrons. The molecular formula is C16H31Li. The van der Waals surface area contributed by atoms with Gasteiger partial charge in [0, 0.05) is 0 Å². The Morgan fingerprint density at radius 3 is 1.59 bits per heavy atom. The van der Waals surface area contributed by atoms with Crippen molar-refractivity contribution in [2.45, 2.75) is 60.8 Å². The molecule has 0 atom stereocenters. The van der Waals surface area contributed by atoms with E-state index in [-0.39, 0.29) is 18.9 Å². The molecule has 96 valence electrons. The summed E-state index contributed by atoms with van der Waals surface area (Å²) in [7, 11) is 0. The third kappa shape index (κ3) is 49.4. The van der Waals surface area contributed by atoms with Crippen molar-refractivity contribution in [3.63, 3.8) is 0 Å². The summed E-state index contributed by atoms with van der Waals surface area (Å²) in [5.74, 6) is 0. The van der Waals surface area contributed by atoms with Gasteiger partial charge in [-0.2, -0.15) is 13.3 Å². The molecule has 0 aliphatic carbocycles. The second kappa shape index (κ2) is 24.9. The average molecular weight is 230 g/mol. The molecule has 0 spiro atoms. The van der Waals surface area contributed by atoms with Crippen LogP contribution in [0.1, 0.15) is 60.8 Å². The van der Waals surface area contributed by atoms with Crippen LogP contribution < -0.4 is 18.9 Å². The fourth-order valence-corrected chi connectivity index (χ4v) is 0.493. The van der Waals surface area contributed by atoms with E-state index in [1.807, 2.05) is 6.92 Å². The fraction of sp³-hybridized carbons (Fsp3) is 0.562. The van der Waals surface area contributed by atoms with E-state index in [2.05, 4.69) is 60.3 Å². The minimum absolute atomic E-state index is 0. The zero-order valence-electron chi connectivity index (χ0n) is 13.3. The molecule has 0 amide bonds. The summed E-state index contributed by atoms with van der Waals surface area (Å²) < 4.78 is 0. The van der Waals surface area contributed by atoms with Gasteiger partial charge in [-0.25, -0.2) is 0 Å². The van der Waals surface area contributed by atoms with Crippen LogP contribution in [0.5, 0.6) is 0 Å². The minimum atomic E-state index is 0. The molecule has 0 saturated carbocycles. The Morgan fingerprint density at radius 2 is 1.53 bits per heavy atom. The van der Waals surface area contributed by atoms with E-state index in [0.717, 1.165) is 5.57 Å². The molecule has 0 nitrogen and oxygen atoms in total. The second-order valence-corrected chi connectivity index (χ2v) is 3.68. The normalized spacial score (nSPS) is 8.71. The van der Waals surface area contributed by atoms with Crippen LogP contribution in [-0.2, 0) is 0 Å². The van der Waals surface area contributed by atoms with Crippen molar-refractivity contribution in [3.05, 3.63) is 42.9 Å². The van der Waals surface area contributed by atoms with E-state index in [9.17, 15) is 0 Å². The van der Waals surface area contributed by atoms with E-state index >= 15 is 0 Å². The molecule has 17 heavy (non-hydrogen) atoms. The molecule has 0 fully saturated rings. The first-order valence-corrected chi connectivity index (χ1v) is 6.21. The van der Waals surface area contributed by atoms with Crippen molar-refractivity contribution in [2.75, 3.05) is 0 Å². The van der Waals surface area contributed by atoms with Gasteiger partial charge in [-0.1, -0.05) is 57.2 Å². The number of rotatable bonds is 4. The molecule has 1 heteroatoms. The first-order valence-electron chi connectivity index (χ1n) is 6.21. The Labute approximate surface area is 122 Å². The van der Waals surface area contributed by atoms with E-state index in [1.165, 1.54) is 24.8 Å². The number of allylic oxidation sites excluding steroid dienone is 4. The molecule has 0 aliphatic rings. The van der Waals surface area contributed by atoms with Crippen LogP contribution in [0.3, 0.4) is 0 Å². The molecule has 0 aromatic carbocycles. The van der Waals surface area contributed by atoms with Gasteiger partial charge in [0.05, 0.1) is 0 Å². The van der Waals surface area contributed by atoms with Gasteiger partial charge in [-0.05, 0) is 26.7 Å². The Morgan fingerprint density at radius 1 is 1.18 bits per heavy atom. The third-order valence-corrected chi connectivity index (χ3v) is 1.87. The van der Waals surface area contributed by atoms with E-state index in [1.54, 1.807) is 6.08 Å². The van der Waals surface area contributed by atoms with Crippen LogP contribution in [-0.4, -0.2) is 0 Å². The maximum absolute atomic E-state index is 3.56. The maximum Gasteiger partial charge on any atom is 1.00 e. The van der Waals surface area contributed by atoms with E-state index < -0.39 is 0 Å². The molecule has 0 aromatic heterocycles. The molecule has 0 bridgehead atoms. The fourth-order valence-electron chi connectivity index (χ4n) is 0.493. The average Bonchev–Trinajstić information content (AvgIpc) is 2.30. The summed E-state index contributed by atoms with van der Waals surface area (Å²) >= 11 is 0. The standard InChI is InChI=1S/C7H14.C5H8.C4H9.Li/c1-4-6-7(3)5-2;1-4-5(2)3;1-3-4-2;/h6H,4-5H2,1-3H3;4H,1-2H2,3H3;3H,4H2,1-2H3;/q;;-1;+1. The van der Waals surface area contributed by atoms with Crippen molar-refractivity contribution in [1.82, 2.24) is 0 Å². The topological polar surface area (TPSA) is 0 Å². The third-order valence-electron chi connectivity index (χ3n) is 1.87. The minimum Gasteiger partial charge on any atom is -0.332 e. The summed E-state index contributed by atoms with van der Waals surface area (Å²) in [5, 5.41) is 0. The van der Waals surface area contributed by atoms with Crippen LogP contribution in [0.25, 0.3) is 0 Å². The summed E-state index contributed by atoms with van der Waals surface area (Å²) in [6.07, 6.45) is 9.69. The van der Waals surface area contributed by atoms with E-state index in [0.29, 0.717) is 0 Å². The predicted octanol–water partition coefficient (Wildman–Crippen LogP) is 3.13. The van der Waals surface area contributed by atoms with Crippen LogP contribution in [0, 0.1) is 6.42 Å². The van der Waals surface area contributed by atoms with Crippen molar-refractivity contribution in [2.24, 2.45) is 0 Å². The molecule has 0 aromatic rings. The summed E-state index contributed by atoms with van der Waals surface area (Å²) in [4.78, 5) is 0. The van der Waals surface area contributed by atoms with E-state index in [4.69, 9.17) is 0 Å².